The van der Waals surface area contributed by atoms with Crippen LogP contribution >= 0.6 is 0 Å². The first-order chi connectivity index (χ1) is 12.1. The Labute approximate surface area is 145 Å². The molecule has 1 fully saturated rings. The van der Waals surface area contributed by atoms with Gasteiger partial charge < -0.3 is 19.6 Å². The van der Waals surface area contributed by atoms with Gasteiger partial charge in [-0.15, -0.1) is 0 Å². The van der Waals surface area contributed by atoms with Crippen LogP contribution in [0.1, 0.15) is 0 Å². The van der Waals surface area contributed by atoms with Crippen molar-refractivity contribution in [2.45, 2.75) is 0 Å². The summed E-state index contributed by atoms with van der Waals surface area (Å²) in [5.41, 5.74) is 1.63. The standard InChI is InChI=1S/C18H19N3O4/c22-17(25-16-4-2-1-3-5-16)19-14-6-8-15(9-7-14)20-10-12-21(13-11-20)18(23)24/h1-9H,10-13H2,(H,19,22)(H,23,24). The van der Waals surface area contributed by atoms with Gasteiger partial charge in [0.05, 0.1) is 0 Å². The minimum atomic E-state index is -0.879. The average molecular weight is 341 g/mol. The number of anilines is 2. The number of rotatable bonds is 3. The van der Waals surface area contributed by atoms with Crippen LogP contribution in [0.5, 0.6) is 5.75 Å². The van der Waals surface area contributed by atoms with Crippen LogP contribution in [0, 0.1) is 0 Å². The largest absolute Gasteiger partial charge is 0.465 e. The van der Waals surface area contributed by atoms with Crippen LogP contribution in [-0.2, 0) is 0 Å². The second kappa shape index (κ2) is 7.57. The zero-order chi connectivity index (χ0) is 17.6. The topological polar surface area (TPSA) is 82.1 Å². The molecule has 0 saturated carbocycles. The van der Waals surface area contributed by atoms with Gasteiger partial charge >= 0.3 is 12.2 Å². The number of ether oxygens (including phenoxy) is 1. The number of amides is 2. The van der Waals surface area contributed by atoms with Gasteiger partial charge in [-0.3, -0.25) is 5.32 Å². The number of carbonyl (C=O) groups excluding carboxylic acids is 1. The summed E-state index contributed by atoms with van der Waals surface area (Å²) in [7, 11) is 0. The Hall–Kier alpha value is -3.22. The van der Waals surface area contributed by atoms with Crippen LogP contribution < -0.4 is 15.0 Å². The lowest BCUT2D eigenvalue weighted by Gasteiger charge is -2.34. The molecular weight excluding hydrogens is 322 g/mol. The summed E-state index contributed by atoms with van der Waals surface area (Å²) < 4.78 is 5.18. The van der Waals surface area contributed by atoms with E-state index < -0.39 is 12.2 Å². The number of hydrogen-bond acceptors (Lipinski definition) is 4. The van der Waals surface area contributed by atoms with E-state index in [1.807, 2.05) is 18.2 Å². The third kappa shape index (κ3) is 4.41. The molecule has 0 radical (unpaired) electrons. The first-order valence-corrected chi connectivity index (χ1v) is 7.98. The first-order valence-electron chi connectivity index (χ1n) is 7.98. The van der Waals surface area contributed by atoms with Crippen LogP contribution in [0.3, 0.4) is 0 Å². The van der Waals surface area contributed by atoms with E-state index in [1.165, 1.54) is 4.90 Å². The molecule has 3 rings (SSSR count). The molecule has 0 spiro atoms. The molecule has 130 valence electrons. The Kier molecular flexibility index (Phi) is 5.03. The molecule has 0 atom stereocenters. The average Bonchev–Trinajstić information content (AvgIpc) is 2.63. The maximum atomic E-state index is 11.9. The van der Waals surface area contributed by atoms with E-state index in [2.05, 4.69) is 10.2 Å². The zero-order valence-corrected chi connectivity index (χ0v) is 13.6. The van der Waals surface area contributed by atoms with E-state index in [0.717, 1.165) is 5.69 Å². The summed E-state index contributed by atoms with van der Waals surface area (Å²) in [6.07, 6.45) is -1.43. The van der Waals surface area contributed by atoms with Gasteiger partial charge in [-0.1, -0.05) is 18.2 Å². The highest BCUT2D eigenvalue weighted by atomic mass is 16.6. The van der Waals surface area contributed by atoms with Gasteiger partial charge in [-0.05, 0) is 36.4 Å². The predicted molar refractivity (Wildman–Crippen MR) is 94.3 cm³/mol. The van der Waals surface area contributed by atoms with Gasteiger partial charge in [0.15, 0.2) is 0 Å². The fraction of sp³-hybridized carbons (Fsp3) is 0.222. The van der Waals surface area contributed by atoms with Crippen molar-refractivity contribution >= 4 is 23.6 Å². The smallest absolute Gasteiger partial charge is 0.417 e. The third-order valence-electron chi connectivity index (χ3n) is 3.98. The lowest BCUT2D eigenvalue weighted by atomic mass is 10.2. The second-order valence-electron chi connectivity index (χ2n) is 5.63. The number of nitrogens with zero attached hydrogens (tertiary/aromatic N) is 2. The summed E-state index contributed by atoms with van der Waals surface area (Å²) in [6.45, 7) is 2.27. The number of carbonyl (C=O) groups is 2. The van der Waals surface area contributed by atoms with E-state index in [9.17, 15) is 9.59 Å². The highest BCUT2D eigenvalue weighted by Crippen LogP contribution is 2.20. The molecule has 2 N–H and O–H groups in total. The predicted octanol–water partition coefficient (Wildman–Crippen LogP) is 3.10. The molecule has 7 nitrogen and oxygen atoms in total. The van der Waals surface area contributed by atoms with Crippen molar-refractivity contribution < 1.29 is 19.4 Å². The molecule has 0 aliphatic carbocycles. The van der Waals surface area contributed by atoms with Crippen LogP contribution in [0.25, 0.3) is 0 Å². The van der Waals surface area contributed by atoms with E-state index in [-0.39, 0.29) is 0 Å². The SMILES string of the molecule is O=C(Nc1ccc(N2CCN(C(=O)O)CC2)cc1)Oc1ccccc1. The van der Waals surface area contributed by atoms with Crippen LogP contribution in [0.15, 0.2) is 54.6 Å². The minimum absolute atomic E-state index is 0.480. The summed E-state index contributed by atoms with van der Waals surface area (Å²) >= 11 is 0. The normalized spacial score (nSPS) is 14.1. The molecule has 2 aromatic rings. The van der Waals surface area contributed by atoms with Crippen molar-refractivity contribution in [3.63, 3.8) is 0 Å². The molecule has 1 saturated heterocycles. The van der Waals surface area contributed by atoms with Gasteiger partial charge in [-0.2, -0.15) is 0 Å². The monoisotopic (exact) mass is 341 g/mol. The minimum Gasteiger partial charge on any atom is -0.465 e. The lowest BCUT2D eigenvalue weighted by Crippen LogP contribution is -2.48. The van der Waals surface area contributed by atoms with Gasteiger partial charge in [0, 0.05) is 37.6 Å². The lowest BCUT2D eigenvalue weighted by molar-refractivity contribution is 0.142. The summed E-state index contributed by atoms with van der Waals surface area (Å²) in [5, 5.41) is 11.7. The number of hydrogen-bond donors (Lipinski definition) is 2. The summed E-state index contributed by atoms with van der Waals surface area (Å²) in [6, 6.07) is 16.2. The molecular formula is C18H19N3O4. The maximum Gasteiger partial charge on any atom is 0.417 e. The van der Waals surface area contributed by atoms with E-state index in [1.54, 1.807) is 36.4 Å². The van der Waals surface area contributed by atoms with Crippen molar-refractivity contribution in [2.75, 3.05) is 36.4 Å². The number of benzene rings is 2. The number of nitrogens with one attached hydrogen (secondary N) is 1. The highest BCUT2D eigenvalue weighted by Gasteiger charge is 2.20. The van der Waals surface area contributed by atoms with Gasteiger partial charge in [0.1, 0.15) is 5.75 Å². The number of carboxylic acid groups (broad SMARTS) is 1. The molecule has 25 heavy (non-hydrogen) atoms. The van der Waals surface area contributed by atoms with Crippen molar-refractivity contribution in [1.82, 2.24) is 4.90 Å². The Morgan fingerprint density at radius 1 is 0.920 bits per heavy atom. The van der Waals surface area contributed by atoms with E-state index in [4.69, 9.17) is 9.84 Å². The summed E-state index contributed by atoms with van der Waals surface area (Å²) in [4.78, 5) is 26.3. The number of para-hydroxylation sites is 1. The molecule has 2 aromatic carbocycles. The zero-order valence-electron chi connectivity index (χ0n) is 13.6. The quantitative estimate of drug-likeness (QED) is 0.896. The Balaban J connectivity index is 1.54. The van der Waals surface area contributed by atoms with Crippen LogP contribution in [0.2, 0.25) is 0 Å². The second-order valence-corrected chi connectivity index (χ2v) is 5.63. The Morgan fingerprint density at radius 3 is 2.16 bits per heavy atom. The van der Waals surface area contributed by atoms with Gasteiger partial charge in [0.25, 0.3) is 0 Å². The molecule has 0 bridgehead atoms. The first kappa shape index (κ1) is 16.6. The Morgan fingerprint density at radius 2 is 1.56 bits per heavy atom. The van der Waals surface area contributed by atoms with E-state index >= 15 is 0 Å². The molecule has 0 unspecified atom stereocenters. The molecule has 7 heteroatoms. The fourth-order valence-corrected chi connectivity index (χ4v) is 2.65. The van der Waals surface area contributed by atoms with Crippen molar-refractivity contribution in [1.29, 1.82) is 0 Å². The molecule has 1 heterocycles. The fourth-order valence-electron chi connectivity index (χ4n) is 2.65. The third-order valence-corrected chi connectivity index (χ3v) is 3.98. The van der Waals surface area contributed by atoms with Crippen molar-refractivity contribution in [3.8, 4) is 5.75 Å². The summed E-state index contributed by atoms with van der Waals surface area (Å²) in [5.74, 6) is 0.480. The van der Waals surface area contributed by atoms with E-state index in [0.29, 0.717) is 37.6 Å². The Bertz CT molecular complexity index is 726. The molecule has 2 amide bonds. The van der Waals surface area contributed by atoms with Crippen LogP contribution in [0.4, 0.5) is 21.0 Å². The molecule has 0 aromatic heterocycles. The van der Waals surface area contributed by atoms with Crippen molar-refractivity contribution in [3.05, 3.63) is 54.6 Å². The maximum absolute atomic E-state index is 11.9. The van der Waals surface area contributed by atoms with Gasteiger partial charge in [0.2, 0.25) is 0 Å². The highest BCUT2D eigenvalue weighted by molar-refractivity contribution is 5.86. The number of piperazine rings is 1. The van der Waals surface area contributed by atoms with Gasteiger partial charge in [-0.25, -0.2) is 9.59 Å². The molecule has 1 aliphatic heterocycles. The van der Waals surface area contributed by atoms with Crippen molar-refractivity contribution in [2.24, 2.45) is 0 Å². The van der Waals surface area contributed by atoms with Crippen LogP contribution in [-0.4, -0.2) is 48.4 Å². The molecule has 1 aliphatic rings.